The van der Waals surface area contributed by atoms with Crippen LogP contribution in [0.15, 0.2) is 152 Å². The summed E-state index contributed by atoms with van der Waals surface area (Å²) in [5.74, 6) is 0.0518. The second kappa shape index (κ2) is 13.0. The van der Waals surface area contributed by atoms with Gasteiger partial charge in [0.05, 0.1) is 5.03 Å². The van der Waals surface area contributed by atoms with Crippen molar-refractivity contribution in [1.82, 2.24) is 4.90 Å². The largest absolute Gasteiger partial charge is 0.339 e. The van der Waals surface area contributed by atoms with Crippen LogP contribution in [-0.2, 0) is 16.6 Å². The molecule has 0 spiro atoms. The van der Waals surface area contributed by atoms with E-state index in [1.807, 2.05) is 59.5 Å². The molecule has 0 saturated carbocycles. The van der Waals surface area contributed by atoms with E-state index in [0.717, 1.165) is 31.6 Å². The summed E-state index contributed by atoms with van der Waals surface area (Å²) in [6.45, 7) is 2.55. The Morgan fingerprint density at radius 1 is 0.512 bits per heavy atom. The molecule has 0 aliphatic carbocycles. The molecule has 0 radical (unpaired) electrons. The molecule has 2 nitrogen and oxygen atoms in total. The lowest BCUT2D eigenvalue weighted by Gasteiger charge is -2.39. The van der Waals surface area contributed by atoms with Gasteiger partial charge in [-0.15, -0.1) is 0 Å². The quantitative estimate of drug-likeness (QED) is 0.193. The standard InChI is InChI=1S/C36H35NOP2S/c1-3-37(4-2)35(38)36(40(41,33-26-16-8-17-27-33)34-28-18-9-19-29-34)39(30-20-10-5-11-21-30,31-22-12-6-13-23-31)32-24-14-7-15-25-32/h5-29H,3-4H2,1-2H3. The van der Waals surface area contributed by atoms with E-state index in [4.69, 9.17) is 11.8 Å². The van der Waals surface area contributed by atoms with Crippen molar-refractivity contribution in [3.8, 4) is 0 Å². The number of nitrogens with zero attached hydrogens (tertiary/aromatic N) is 1. The van der Waals surface area contributed by atoms with Gasteiger partial charge >= 0.3 is 0 Å². The first-order chi connectivity index (χ1) is 20.1. The van der Waals surface area contributed by atoms with Crippen LogP contribution < -0.4 is 26.5 Å². The summed E-state index contributed by atoms with van der Waals surface area (Å²) in [7, 11) is 0. The van der Waals surface area contributed by atoms with E-state index in [0.29, 0.717) is 13.1 Å². The van der Waals surface area contributed by atoms with Crippen LogP contribution in [-0.4, -0.2) is 28.9 Å². The van der Waals surface area contributed by atoms with E-state index in [1.54, 1.807) is 0 Å². The monoisotopic (exact) mass is 591 g/mol. The van der Waals surface area contributed by atoms with Crippen LogP contribution in [0.25, 0.3) is 0 Å². The van der Waals surface area contributed by atoms with Gasteiger partial charge in [-0.3, -0.25) is 4.79 Å². The number of carbonyl (C=O) groups is 1. The summed E-state index contributed by atoms with van der Waals surface area (Å²) in [5.41, 5.74) is 0. The van der Waals surface area contributed by atoms with E-state index in [2.05, 4.69) is 111 Å². The highest BCUT2D eigenvalue weighted by molar-refractivity contribution is 8.36. The van der Waals surface area contributed by atoms with Crippen LogP contribution in [0, 0.1) is 0 Å². The minimum atomic E-state index is -2.88. The van der Waals surface area contributed by atoms with Gasteiger partial charge in [0.15, 0.2) is 0 Å². The highest BCUT2D eigenvalue weighted by Crippen LogP contribution is 2.59. The van der Waals surface area contributed by atoms with Gasteiger partial charge in [0.1, 0.15) is 0 Å². The third kappa shape index (κ3) is 5.31. The molecule has 0 heterocycles. The first-order valence-electron chi connectivity index (χ1n) is 14.0. The zero-order valence-corrected chi connectivity index (χ0v) is 26.1. The average Bonchev–Trinajstić information content (AvgIpc) is 3.06. The number of benzene rings is 5. The Morgan fingerprint density at radius 2 is 0.780 bits per heavy atom. The Bertz CT molecular complexity index is 1540. The van der Waals surface area contributed by atoms with Crippen molar-refractivity contribution in [2.75, 3.05) is 13.1 Å². The van der Waals surface area contributed by atoms with E-state index < -0.39 is 12.9 Å². The third-order valence-corrected chi connectivity index (χ3v) is 18.4. The second-order valence-corrected chi connectivity index (χ2v) is 17.8. The van der Waals surface area contributed by atoms with Crippen molar-refractivity contribution in [3.05, 3.63) is 152 Å². The minimum absolute atomic E-state index is 0.0518. The lowest BCUT2D eigenvalue weighted by molar-refractivity contribution is -0.123. The van der Waals surface area contributed by atoms with E-state index in [9.17, 15) is 0 Å². The molecule has 206 valence electrons. The fourth-order valence-corrected chi connectivity index (χ4v) is 17.4. The molecule has 0 N–H and O–H groups in total. The topological polar surface area (TPSA) is 20.3 Å². The van der Waals surface area contributed by atoms with Crippen LogP contribution >= 0.6 is 12.9 Å². The van der Waals surface area contributed by atoms with Crippen LogP contribution in [0.3, 0.4) is 0 Å². The van der Waals surface area contributed by atoms with E-state index >= 15 is 4.79 Å². The predicted molar refractivity (Wildman–Crippen MR) is 185 cm³/mol. The molecule has 41 heavy (non-hydrogen) atoms. The fraction of sp³-hybridized carbons (Fsp3) is 0.111. The molecular formula is C36H35NOP2S. The van der Waals surface area contributed by atoms with Crippen LogP contribution in [0.1, 0.15) is 13.8 Å². The number of amides is 1. The lowest BCUT2D eigenvalue weighted by atomic mass is 10.4. The molecule has 0 aliphatic rings. The van der Waals surface area contributed by atoms with Crippen molar-refractivity contribution in [3.63, 3.8) is 0 Å². The predicted octanol–water partition coefficient (Wildman–Crippen LogP) is 6.11. The van der Waals surface area contributed by atoms with Gasteiger partial charge in [-0.2, -0.15) is 0 Å². The number of carbonyl (C=O) groups excluding carboxylic acids is 1. The minimum Gasteiger partial charge on any atom is -0.339 e. The zero-order chi connectivity index (χ0) is 28.7. The number of hydrogen-bond acceptors (Lipinski definition) is 2. The van der Waals surface area contributed by atoms with Crippen molar-refractivity contribution < 1.29 is 4.79 Å². The van der Waals surface area contributed by atoms with Crippen molar-refractivity contribution in [1.29, 1.82) is 0 Å². The maximum atomic E-state index is 15.3. The second-order valence-electron chi connectivity index (χ2n) is 9.76. The molecule has 5 aromatic rings. The summed E-state index contributed by atoms with van der Waals surface area (Å²) < 4.78 is 0. The summed E-state index contributed by atoms with van der Waals surface area (Å²) in [4.78, 5) is 17.3. The SMILES string of the molecule is CCN(CC)C(=O)C(P(=S)(c1ccccc1)c1ccccc1)=P(c1ccccc1)(c1ccccc1)c1ccccc1. The molecule has 1 amide bonds. The van der Waals surface area contributed by atoms with Gasteiger partial charge in [0, 0.05) is 19.1 Å². The molecular weight excluding hydrogens is 556 g/mol. The molecule has 0 atom stereocenters. The summed E-state index contributed by atoms with van der Waals surface area (Å²) in [6.07, 6.45) is 0. The molecule has 0 fully saturated rings. The number of rotatable bonds is 9. The molecule has 5 aromatic carbocycles. The molecule has 0 aromatic heterocycles. The van der Waals surface area contributed by atoms with Crippen LogP contribution in [0.5, 0.6) is 0 Å². The van der Waals surface area contributed by atoms with Gasteiger partial charge in [-0.1, -0.05) is 163 Å². The smallest absolute Gasteiger partial charge is 0.256 e. The average molecular weight is 592 g/mol. The Kier molecular flexibility index (Phi) is 9.21. The Morgan fingerprint density at radius 3 is 1.05 bits per heavy atom. The maximum Gasteiger partial charge on any atom is 0.256 e. The Hall–Kier alpha value is -3.48. The van der Waals surface area contributed by atoms with Gasteiger partial charge in [-0.05, 0) is 47.3 Å². The zero-order valence-electron chi connectivity index (χ0n) is 23.5. The molecule has 0 bridgehead atoms. The van der Waals surface area contributed by atoms with E-state index in [1.165, 1.54) is 0 Å². The van der Waals surface area contributed by atoms with Crippen molar-refractivity contribution in [2.45, 2.75) is 13.8 Å². The summed E-state index contributed by atoms with van der Waals surface area (Å²) in [6, 6.07) is 49.7. The highest BCUT2D eigenvalue weighted by Gasteiger charge is 2.43. The van der Waals surface area contributed by atoms with Gasteiger partial charge in [0.2, 0.25) is 0 Å². The molecule has 5 heteroatoms. The normalized spacial score (nSPS) is 11.6. The van der Waals surface area contributed by atoms with Crippen molar-refractivity contribution in [2.24, 2.45) is 0 Å². The van der Waals surface area contributed by atoms with Gasteiger partial charge < -0.3 is 4.90 Å². The summed E-state index contributed by atoms with van der Waals surface area (Å²) >= 11 is 7.05. The van der Waals surface area contributed by atoms with Crippen LogP contribution in [0.4, 0.5) is 0 Å². The molecule has 5 rings (SSSR count). The Balaban J connectivity index is 2.16. The van der Waals surface area contributed by atoms with Crippen molar-refractivity contribution >= 4 is 62.2 Å². The summed E-state index contributed by atoms with van der Waals surface area (Å²) in [5, 5.41) is 6.31. The maximum absolute atomic E-state index is 15.3. The molecule has 0 aliphatic heterocycles. The molecule has 0 unspecified atom stereocenters. The van der Waals surface area contributed by atoms with Gasteiger partial charge in [-0.25, -0.2) is 0 Å². The third-order valence-electron chi connectivity index (χ3n) is 7.53. The first kappa shape index (κ1) is 29.0. The highest BCUT2D eigenvalue weighted by atomic mass is 32.4. The first-order valence-corrected chi connectivity index (χ1v) is 18.6. The Labute approximate surface area is 249 Å². The van der Waals surface area contributed by atoms with E-state index in [-0.39, 0.29) is 5.91 Å². The van der Waals surface area contributed by atoms with Gasteiger partial charge in [0.25, 0.3) is 5.91 Å². The van der Waals surface area contributed by atoms with Crippen LogP contribution in [0.2, 0.25) is 0 Å². The molecule has 0 saturated heterocycles. The fourth-order valence-electron chi connectivity index (χ4n) is 5.58. The number of hydrogen-bond donors (Lipinski definition) is 0. The lowest BCUT2D eigenvalue weighted by Crippen LogP contribution is -2.44.